The third kappa shape index (κ3) is 3.13. The molecule has 1 aliphatic carbocycles. The highest BCUT2D eigenvalue weighted by Crippen LogP contribution is 2.37. The van der Waals surface area contributed by atoms with Crippen molar-refractivity contribution >= 4 is 11.6 Å². The lowest BCUT2D eigenvalue weighted by molar-refractivity contribution is -0.674. The van der Waals surface area contributed by atoms with E-state index in [1.807, 2.05) is 23.9 Å². The van der Waals surface area contributed by atoms with Gasteiger partial charge in [-0.05, 0) is 18.4 Å². The van der Waals surface area contributed by atoms with Gasteiger partial charge in [0.1, 0.15) is 5.15 Å². The van der Waals surface area contributed by atoms with Crippen LogP contribution in [0.5, 0.6) is 0 Å². The van der Waals surface area contributed by atoms with Crippen molar-refractivity contribution in [3.8, 4) is 0 Å². The van der Waals surface area contributed by atoms with Crippen LogP contribution in [-0.2, 0) is 7.05 Å². The van der Waals surface area contributed by atoms with E-state index in [1.54, 1.807) is 12.4 Å². The molecule has 0 spiro atoms. The first kappa shape index (κ1) is 14.2. The van der Waals surface area contributed by atoms with Crippen molar-refractivity contribution < 1.29 is 4.57 Å². The Kier molecular flexibility index (Phi) is 4.01. The van der Waals surface area contributed by atoms with Gasteiger partial charge in [0.05, 0.1) is 19.2 Å². The van der Waals surface area contributed by atoms with Gasteiger partial charge in [0.2, 0.25) is 0 Å². The van der Waals surface area contributed by atoms with E-state index in [2.05, 4.69) is 15.2 Å². The summed E-state index contributed by atoms with van der Waals surface area (Å²) in [4.78, 5) is 16.6. The molecule has 2 aromatic rings. The Morgan fingerprint density at radius 3 is 2.95 bits per heavy atom. The van der Waals surface area contributed by atoms with Gasteiger partial charge < -0.3 is 0 Å². The van der Waals surface area contributed by atoms with Crippen LogP contribution in [0, 0.1) is 5.92 Å². The fraction of sp³-hybridized carbons (Fsp3) is 0.467. The van der Waals surface area contributed by atoms with Crippen LogP contribution in [0.1, 0.15) is 42.9 Å². The lowest BCUT2D eigenvalue weighted by Crippen LogP contribution is -2.29. The maximum atomic E-state index is 12.1. The standard InChI is InChI=1S/C15H17ClN4O/c1-20-6-5-13(17-9-20)11(7-10-3-2-4-10)12-8-14(16)18-19-15(12)21/h5-6,8-11H,2-4,7H2,1H3/p+1. The van der Waals surface area contributed by atoms with Crippen molar-refractivity contribution in [2.24, 2.45) is 13.0 Å². The summed E-state index contributed by atoms with van der Waals surface area (Å²) in [5, 5.41) is 6.52. The molecule has 21 heavy (non-hydrogen) atoms. The molecule has 5 nitrogen and oxygen atoms in total. The highest BCUT2D eigenvalue weighted by atomic mass is 35.5. The van der Waals surface area contributed by atoms with Crippen LogP contribution >= 0.6 is 11.6 Å². The van der Waals surface area contributed by atoms with Crippen LogP contribution < -0.4 is 10.1 Å². The molecule has 1 fully saturated rings. The van der Waals surface area contributed by atoms with Crippen molar-refractivity contribution in [2.45, 2.75) is 31.6 Å². The Bertz CT molecular complexity index is 679. The summed E-state index contributed by atoms with van der Waals surface area (Å²) in [5.41, 5.74) is 1.38. The van der Waals surface area contributed by atoms with E-state index in [1.165, 1.54) is 19.3 Å². The third-order valence-corrected chi connectivity index (χ3v) is 4.39. The first-order valence-corrected chi connectivity index (χ1v) is 7.57. The summed E-state index contributed by atoms with van der Waals surface area (Å²) < 4.78 is 1.88. The molecule has 0 aliphatic heterocycles. The number of aromatic nitrogens is 4. The molecule has 6 heteroatoms. The topological polar surface area (TPSA) is 62.5 Å². The fourth-order valence-electron chi connectivity index (χ4n) is 2.76. The molecule has 1 saturated carbocycles. The van der Waals surface area contributed by atoms with Gasteiger partial charge in [-0.2, -0.15) is 5.10 Å². The average molecular weight is 306 g/mol. The molecule has 0 saturated heterocycles. The van der Waals surface area contributed by atoms with E-state index in [0.717, 1.165) is 12.1 Å². The van der Waals surface area contributed by atoms with Crippen molar-refractivity contribution in [3.63, 3.8) is 0 Å². The maximum absolute atomic E-state index is 12.1. The zero-order valence-electron chi connectivity index (χ0n) is 11.9. The molecule has 0 radical (unpaired) electrons. The van der Waals surface area contributed by atoms with Crippen molar-refractivity contribution in [1.29, 1.82) is 0 Å². The number of hydrogen-bond donors (Lipinski definition) is 1. The molecule has 2 heterocycles. The van der Waals surface area contributed by atoms with Gasteiger partial charge in [0.15, 0.2) is 5.69 Å². The monoisotopic (exact) mass is 305 g/mol. The second kappa shape index (κ2) is 5.93. The molecule has 2 aromatic heterocycles. The number of nitrogens with one attached hydrogen (secondary N) is 1. The number of nitrogens with zero attached hydrogens (tertiary/aromatic N) is 3. The van der Waals surface area contributed by atoms with Gasteiger partial charge in [0.25, 0.3) is 11.9 Å². The number of aryl methyl sites for hydroxylation is 1. The van der Waals surface area contributed by atoms with Gasteiger partial charge in [-0.3, -0.25) is 4.79 Å². The molecular weight excluding hydrogens is 288 g/mol. The van der Waals surface area contributed by atoms with Crippen molar-refractivity contribution in [1.82, 2.24) is 15.2 Å². The van der Waals surface area contributed by atoms with E-state index >= 15 is 0 Å². The Hall–Kier alpha value is -1.75. The zero-order valence-corrected chi connectivity index (χ0v) is 12.7. The Morgan fingerprint density at radius 2 is 2.33 bits per heavy atom. The molecule has 1 aliphatic rings. The summed E-state index contributed by atoms with van der Waals surface area (Å²) in [5.74, 6) is 0.637. The van der Waals surface area contributed by atoms with Crippen LogP contribution in [0.4, 0.5) is 0 Å². The predicted molar refractivity (Wildman–Crippen MR) is 79.1 cm³/mol. The van der Waals surface area contributed by atoms with Crippen LogP contribution in [0.2, 0.25) is 5.15 Å². The number of H-pyrrole nitrogens is 1. The highest BCUT2D eigenvalue weighted by molar-refractivity contribution is 6.29. The SMILES string of the molecule is C[n+]1ccc(C(CC2CCC2)c2cc(Cl)n[nH]c2=O)nc1. The smallest absolute Gasteiger partial charge is 0.268 e. The largest absolute Gasteiger partial charge is 0.286 e. The van der Waals surface area contributed by atoms with Gasteiger partial charge in [-0.25, -0.2) is 9.67 Å². The third-order valence-electron chi connectivity index (χ3n) is 4.20. The summed E-state index contributed by atoms with van der Waals surface area (Å²) in [6.45, 7) is 0. The van der Waals surface area contributed by atoms with E-state index in [9.17, 15) is 4.79 Å². The number of halogens is 1. The highest BCUT2D eigenvalue weighted by Gasteiger charge is 2.29. The molecule has 3 rings (SSSR count). The predicted octanol–water partition coefficient (Wildman–Crippen LogP) is 1.96. The first-order valence-electron chi connectivity index (χ1n) is 7.20. The minimum Gasteiger partial charge on any atom is -0.268 e. The molecule has 110 valence electrons. The molecular formula is C15H18ClN4O+. The Labute approximate surface area is 128 Å². The summed E-state index contributed by atoms with van der Waals surface area (Å²) >= 11 is 5.95. The molecule has 0 bridgehead atoms. The van der Waals surface area contributed by atoms with Crippen LogP contribution in [0.15, 0.2) is 29.5 Å². The van der Waals surface area contributed by atoms with Crippen molar-refractivity contribution in [3.05, 3.63) is 51.4 Å². The van der Waals surface area contributed by atoms with Gasteiger partial charge >= 0.3 is 0 Å². The van der Waals surface area contributed by atoms with E-state index in [-0.39, 0.29) is 11.5 Å². The fourth-order valence-corrected chi connectivity index (χ4v) is 2.92. The molecule has 1 N–H and O–H groups in total. The molecule has 1 unspecified atom stereocenters. The molecule has 0 aromatic carbocycles. The van der Waals surface area contributed by atoms with Crippen LogP contribution in [0.25, 0.3) is 0 Å². The Balaban J connectivity index is 2.00. The number of hydrogen-bond acceptors (Lipinski definition) is 3. The second-order valence-corrected chi connectivity index (χ2v) is 6.10. The second-order valence-electron chi connectivity index (χ2n) is 5.71. The maximum Gasteiger partial charge on any atom is 0.286 e. The lowest BCUT2D eigenvalue weighted by Gasteiger charge is -2.28. The van der Waals surface area contributed by atoms with Gasteiger partial charge in [-0.1, -0.05) is 35.8 Å². The minimum absolute atomic E-state index is 0.0271. The van der Waals surface area contributed by atoms with Crippen LogP contribution in [-0.4, -0.2) is 15.2 Å². The van der Waals surface area contributed by atoms with Crippen molar-refractivity contribution in [2.75, 3.05) is 0 Å². The quantitative estimate of drug-likeness (QED) is 0.878. The van der Waals surface area contributed by atoms with Gasteiger partial charge in [-0.15, -0.1) is 0 Å². The average Bonchev–Trinajstić information content (AvgIpc) is 2.42. The van der Waals surface area contributed by atoms with E-state index in [4.69, 9.17) is 11.6 Å². The lowest BCUT2D eigenvalue weighted by atomic mass is 9.76. The minimum atomic E-state index is -0.182. The zero-order chi connectivity index (χ0) is 14.8. The Morgan fingerprint density at radius 1 is 1.52 bits per heavy atom. The summed E-state index contributed by atoms with van der Waals surface area (Å²) in [6.07, 6.45) is 8.39. The molecule has 1 atom stereocenters. The van der Waals surface area contributed by atoms with Gasteiger partial charge in [0, 0.05) is 11.6 Å². The first-order chi connectivity index (χ1) is 10.1. The van der Waals surface area contributed by atoms with E-state index in [0.29, 0.717) is 16.6 Å². The normalized spacial score (nSPS) is 16.5. The molecule has 0 amide bonds. The number of rotatable bonds is 4. The van der Waals surface area contributed by atoms with Crippen LogP contribution in [0.3, 0.4) is 0 Å². The summed E-state index contributed by atoms with van der Waals surface area (Å²) in [7, 11) is 1.92. The number of aromatic amines is 1. The van der Waals surface area contributed by atoms with E-state index < -0.39 is 0 Å². The summed E-state index contributed by atoms with van der Waals surface area (Å²) in [6, 6.07) is 3.63.